The topological polar surface area (TPSA) is 56.6 Å². The van der Waals surface area contributed by atoms with E-state index < -0.39 is 18.3 Å². The maximum atomic E-state index is 12.1. The third kappa shape index (κ3) is 1.16. The van der Waals surface area contributed by atoms with Crippen molar-refractivity contribution in [3.8, 4) is 0 Å². The molecule has 1 rings (SSSR count). The summed E-state index contributed by atoms with van der Waals surface area (Å²) in [7, 11) is 0. The molecule has 1 atom stereocenters. The van der Waals surface area contributed by atoms with Gasteiger partial charge in [0, 0.05) is 12.6 Å². The molecule has 11 heavy (non-hydrogen) atoms. The highest BCUT2D eigenvalue weighted by atomic mass is 19.4. The van der Waals surface area contributed by atoms with Gasteiger partial charge in [0.25, 0.3) is 0 Å². The minimum Gasteiger partial charge on any atom is -0.314 e. The average molecular weight is 169 g/mol. The predicted octanol–water partition coefficient (Wildman–Crippen LogP) is 0.203. The van der Waals surface area contributed by atoms with Gasteiger partial charge in [0.1, 0.15) is 0 Å². The average Bonchev–Trinajstić information content (AvgIpc) is 2.33. The van der Waals surface area contributed by atoms with Crippen LogP contribution in [-0.4, -0.2) is 23.3 Å². The van der Waals surface area contributed by atoms with E-state index in [9.17, 15) is 13.2 Å². The lowest BCUT2D eigenvalue weighted by Crippen LogP contribution is -2.61. The molecule has 1 aliphatic heterocycles. The van der Waals surface area contributed by atoms with Gasteiger partial charge in [-0.05, 0) is 0 Å². The smallest absolute Gasteiger partial charge is 0.314 e. The van der Waals surface area contributed by atoms with Gasteiger partial charge in [-0.3, -0.25) is 5.43 Å². The molecule has 0 bridgehead atoms. The first-order valence-electron chi connectivity index (χ1n) is 2.78. The first-order chi connectivity index (χ1) is 5.02. The molecule has 7 heteroatoms. The highest BCUT2D eigenvalue weighted by Gasteiger charge is 2.56. The number of rotatable bonds is 1. The van der Waals surface area contributed by atoms with Gasteiger partial charge in [-0.1, -0.05) is 0 Å². The van der Waals surface area contributed by atoms with Crippen molar-refractivity contribution in [1.29, 1.82) is 0 Å². The third-order valence-electron chi connectivity index (χ3n) is 1.42. The second-order valence-electron chi connectivity index (χ2n) is 2.14. The molecular formula is C4H6F3N3O. The van der Waals surface area contributed by atoms with E-state index in [0.717, 1.165) is 11.7 Å². The molecule has 0 saturated carbocycles. The second kappa shape index (κ2) is 2.35. The Morgan fingerprint density at radius 1 is 1.64 bits per heavy atom. The number of nitrogens with zero attached hydrogens (tertiary/aromatic N) is 1. The molecule has 64 valence electrons. The highest BCUT2D eigenvalue weighted by molar-refractivity contribution is 5.61. The Morgan fingerprint density at radius 3 is 2.45 bits per heavy atom. The van der Waals surface area contributed by atoms with Crippen LogP contribution in [0.5, 0.6) is 0 Å². The maximum absolute atomic E-state index is 12.1. The van der Waals surface area contributed by atoms with Crippen molar-refractivity contribution < 1.29 is 18.4 Å². The molecule has 0 aromatic rings. The number of nitrogens with one attached hydrogen (secondary N) is 2. The molecule has 0 aromatic carbocycles. The molecule has 4 nitrogen and oxygen atoms in total. The molecule has 1 heterocycles. The first kappa shape index (κ1) is 8.28. The minimum atomic E-state index is -4.57. The second-order valence-corrected chi connectivity index (χ2v) is 2.14. The predicted molar refractivity (Wildman–Crippen MR) is 30.0 cm³/mol. The first-order valence-corrected chi connectivity index (χ1v) is 2.78. The van der Waals surface area contributed by atoms with Gasteiger partial charge in [-0.2, -0.15) is 23.8 Å². The maximum Gasteiger partial charge on any atom is 0.428 e. The summed E-state index contributed by atoms with van der Waals surface area (Å²) < 4.78 is 36.2. The summed E-state index contributed by atoms with van der Waals surface area (Å²) in [5.41, 5.74) is 0.406. The Balaban J connectivity index is 2.77. The van der Waals surface area contributed by atoms with E-state index in [1.807, 2.05) is 0 Å². The molecule has 0 radical (unpaired) electrons. The molecule has 3 N–H and O–H groups in total. The van der Waals surface area contributed by atoms with Crippen LogP contribution in [0.3, 0.4) is 0 Å². The van der Waals surface area contributed by atoms with E-state index in [1.165, 1.54) is 0 Å². The van der Waals surface area contributed by atoms with Gasteiger partial charge in [0.05, 0.1) is 0 Å². The fraction of sp³-hybridized carbons (Fsp3) is 0.750. The fourth-order valence-electron chi connectivity index (χ4n) is 0.697. The summed E-state index contributed by atoms with van der Waals surface area (Å²) >= 11 is 0. The molecule has 1 unspecified atom stereocenters. The molecule has 0 fully saturated rings. The molecule has 0 saturated heterocycles. The standard InChI is InChI=1S/C4H6F3N3O/c5-4(6,7)3(10-11)1-2-8-9-3/h2,9-11H,1H2. The van der Waals surface area contributed by atoms with Gasteiger partial charge >= 0.3 is 6.18 Å². The molecule has 0 spiro atoms. The molecule has 1 aliphatic rings. The van der Waals surface area contributed by atoms with E-state index in [1.54, 1.807) is 5.43 Å². The van der Waals surface area contributed by atoms with E-state index in [2.05, 4.69) is 5.10 Å². The monoisotopic (exact) mass is 169 g/mol. The van der Waals surface area contributed by atoms with Gasteiger partial charge in [-0.25, -0.2) is 0 Å². The van der Waals surface area contributed by atoms with Crippen LogP contribution in [0.2, 0.25) is 0 Å². The molecule has 0 amide bonds. The van der Waals surface area contributed by atoms with Gasteiger partial charge < -0.3 is 5.21 Å². The quantitative estimate of drug-likeness (QED) is 0.491. The van der Waals surface area contributed by atoms with Crippen LogP contribution in [0, 0.1) is 0 Å². The van der Waals surface area contributed by atoms with Crippen LogP contribution >= 0.6 is 0 Å². The van der Waals surface area contributed by atoms with Gasteiger partial charge in [0.2, 0.25) is 5.66 Å². The van der Waals surface area contributed by atoms with E-state index in [4.69, 9.17) is 5.21 Å². The van der Waals surface area contributed by atoms with Crippen molar-refractivity contribution in [2.45, 2.75) is 18.3 Å². The van der Waals surface area contributed by atoms with E-state index in [0.29, 0.717) is 0 Å². The van der Waals surface area contributed by atoms with Crippen LogP contribution < -0.4 is 10.9 Å². The van der Waals surface area contributed by atoms with Crippen molar-refractivity contribution in [3.05, 3.63) is 0 Å². The van der Waals surface area contributed by atoms with Crippen molar-refractivity contribution in [2.24, 2.45) is 5.10 Å². The number of hydrazone groups is 1. The SMILES string of the molecule is ONC1(C(F)(F)F)CC=NN1. The number of halogens is 3. The van der Waals surface area contributed by atoms with Gasteiger partial charge in [-0.15, -0.1) is 0 Å². The lowest BCUT2D eigenvalue weighted by Gasteiger charge is -2.28. The number of hydrogen-bond acceptors (Lipinski definition) is 4. The highest BCUT2D eigenvalue weighted by Crippen LogP contribution is 2.31. The summed E-state index contributed by atoms with van der Waals surface area (Å²) in [5.74, 6) is 0. The molecule has 0 aromatic heterocycles. The van der Waals surface area contributed by atoms with Crippen LogP contribution in [0.1, 0.15) is 6.42 Å². The lowest BCUT2D eigenvalue weighted by molar-refractivity contribution is -0.227. The molecule has 0 aliphatic carbocycles. The van der Waals surface area contributed by atoms with Crippen molar-refractivity contribution in [1.82, 2.24) is 10.9 Å². The zero-order valence-electron chi connectivity index (χ0n) is 5.31. The van der Waals surface area contributed by atoms with Crippen molar-refractivity contribution >= 4 is 6.21 Å². The Morgan fingerprint density at radius 2 is 2.27 bits per heavy atom. The number of hydroxylamine groups is 1. The third-order valence-corrected chi connectivity index (χ3v) is 1.42. The Bertz CT molecular complexity index is 170. The summed E-state index contributed by atoms with van der Waals surface area (Å²) in [6.07, 6.45) is -3.96. The summed E-state index contributed by atoms with van der Waals surface area (Å²) in [4.78, 5) is 0. The van der Waals surface area contributed by atoms with Crippen LogP contribution in [-0.2, 0) is 0 Å². The van der Waals surface area contributed by atoms with Crippen molar-refractivity contribution in [3.63, 3.8) is 0 Å². The van der Waals surface area contributed by atoms with Crippen LogP contribution in [0.25, 0.3) is 0 Å². The van der Waals surface area contributed by atoms with Crippen LogP contribution in [0.4, 0.5) is 13.2 Å². The van der Waals surface area contributed by atoms with E-state index in [-0.39, 0.29) is 0 Å². The van der Waals surface area contributed by atoms with Crippen molar-refractivity contribution in [2.75, 3.05) is 0 Å². The lowest BCUT2D eigenvalue weighted by atomic mass is 10.1. The minimum absolute atomic E-state index is 0.424. The summed E-state index contributed by atoms with van der Waals surface area (Å²) in [6.45, 7) is 0. The Hall–Kier alpha value is -0.820. The fourth-order valence-corrected chi connectivity index (χ4v) is 0.697. The zero-order valence-corrected chi connectivity index (χ0v) is 5.31. The number of hydrogen-bond donors (Lipinski definition) is 3. The largest absolute Gasteiger partial charge is 0.428 e. The summed E-state index contributed by atoms with van der Waals surface area (Å²) in [5, 5.41) is 11.4. The Kier molecular flexibility index (Phi) is 1.77. The normalized spacial score (nSPS) is 30.5. The zero-order chi connectivity index (χ0) is 8.54. The Labute approximate surface area is 60.0 Å². The molecular weight excluding hydrogens is 163 g/mol. The van der Waals surface area contributed by atoms with E-state index >= 15 is 0 Å². The van der Waals surface area contributed by atoms with Gasteiger partial charge in [0.15, 0.2) is 0 Å². The number of alkyl halides is 3. The van der Waals surface area contributed by atoms with Crippen LogP contribution in [0.15, 0.2) is 5.10 Å². The summed E-state index contributed by atoms with van der Waals surface area (Å²) in [6, 6.07) is 0.